The summed E-state index contributed by atoms with van der Waals surface area (Å²) in [5.41, 5.74) is 0. The van der Waals surface area contributed by atoms with Crippen LogP contribution in [-0.4, -0.2) is 67.2 Å². The molecule has 0 N–H and O–H groups in total. The molecule has 0 bridgehead atoms. The lowest BCUT2D eigenvalue weighted by molar-refractivity contribution is -0.140. The number of hydrogen-bond acceptors (Lipinski definition) is 5. The second kappa shape index (κ2) is 6.24. The number of thiophene rings is 1. The first-order valence-corrected chi connectivity index (χ1v) is 10.5. The predicted molar refractivity (Wildman–Crippen MR) is 88.2 cm³/mol. The topological polar surface area (TPSA) is 74.8 Å². The molecule has 1 aromatic heterocycles. The Hall–Kier alpha value is -1.41. The third-order valence-electron chi connectivity index (χ3n) is 4.55. The van der Waals surface area contributed by atoms with Crippen LogP contribution in [0.1, 0.15) is 28.9 Å². The predicted octanol–water partition coefficient (Wildman–Crippen LogP) is 0.998. The fourth-order valence-electron chi connectivity index (χ4n) is 3.07. The Morgan fingerprint density at radius 3 is 2.61 bits per heavy atom. The lowest BCUT2D eigenvalue weighted by atomic mass is 9.99. The fourth-order valence-corrected chi connectivity index (χ4v) is 4.65. The van der Waals surface area contributed by atoms with Gasteiger partial charge in [-0.2, -0.15) is 0 Å². The number of likely N-dealkylation sites (tertiary alicyclic amines) is 2. The van der Waals surface area contributed by atoms with Gasteiger partial charge in [-0.3, -0.25) is 9.59 Å². The summed E-state index contributed by atoms with van der Waals surface area (Å²) in [6, 6.07) is 3.14. The zero-order valence-corrected chi connectivity index (χ0v) is 14.6. The molecule has 6 nitrogen and oxygen atoms in total. The van der Waals surface area contributed by atoms with Crippen molar-refractivity contribution in [1.29, 1.82) is 0 Å². The number of carbonyl (C=O) groups is 2. The number of piperidine rings is 1. The lowest BCUT2D eigenvalue weighted by Gasteiger charge is -2.43. The van der Waals surface area contributed by atoms with Crippen LogP contribution in [0.2, 0.25) is 0 Å². The van der Waals surface area contributed by atoms with E-state index in [1.807, 2.05) is 11.4 Å². The molecule has 0 spiro atoms. The zero-order chi connectivity index (χ0) is 16.6. The van der Waals surface area contributed by atoms with Crippen LogP contribution in [-0.2, 0) is 14.6 Å². The van der Waals surface area contributed by atoms with Crippen LogP contribution in [0.4, 0.5) is 0 Å². The Morgan fingerprint density at radius 2 is 2.00 bits per heavy atom. The van der Waals surface area contributed by atoms with Crippen LogP contribution in [0.15, 0.2) is 17.5 Å². The van der Waals surface area contributed by atoms with Crippen LogP contribution >= 0.6 is 11.3 Å². The van der Waals surface area contributed by atoms with Gasteiger partial charge in [0.1, 0.15) is 6.04 Å². The van der Waals surface area contributed by atoms with E-state index in [-0.39, 0.29) is 24.9 Å². The van der Waals surface area contributed by atoms with E-state index in [0.29, 0.717) is 17.8 Å². The van der Waals surface area contributed by atoms with Crippen molar-refractivity contribution in [3.05, 3.63) is 22.4 Å². The average molecular weight is 356 g/mol. The van der Waals surface area contributed by atoms with Gasteiger partial charge in [0.15, 0.2) is 9.84 Å². The second-order valence-electron chi connectivity index (χ2n) is 6.18. The molecule has 2 fully saturated rings. The largest absolute Gasteiger partial charge is 0.338 e. The number of rotatable bonds is 3. The summed E-state index contributed by atoms with van der Waals surface area (Å²) in [6.45, 7) is 1.07. The van der Waals surface area contributed by atoms with Crippen LogP contribution in [0.3, 0.4) is 0 Å². The van der Waals surface area contributed by atoms with E-state index in [4.69, 9.17) is 0 Å². The SMILES string of the molecule is CS(=O)(=O)C1CN(C(=O)C2CCCCN2C(=O)c2cccs2)C1. The summed E-state index contributed by atoms with van der Waals surface area (Å²) in [6.07, 6.45) is 3.66. The zero-order valence-electron chi connectivity index (χ0n) is 13.0. The molecule has 1 unspecified atom stereocenters. The van der Waals surface area contributed by atoms with E-state index in [1.165, 1.54) is 17.6 Å². The lowest BCUT2D eigenvalue weighted by Crippen LogP contribution is -2.62. The molecule has 2 aliphatic heterocycles. The number of hydrogen-bond donors (Lipinski definition) is 0. The maximum Gasteiger partial charge on any atom is 0.264 e. The highest BCUT2D eigenvalue weighted by Crippen LogP contribution is 2.25. The van der Waals surface area contributed by atoms with Crippen molar-refractivity contribution in [2.24, 2.45) is 0 Å². The van der Waals surface area contributed by atoms with Gasteiger partial charge in [-0.1, -0.05) is 6.07 Å². The Balaban J connectivity index is 1.70. The molecule has 0 aromatic carbocycles. The molecular formula is C15H20N2O4S2. The van der Waals surface area contributed by atoms with E-state index < -0.39 is 21.1 Å². The molecular weight excluding hydrogens is 336 g/mol. The van der Waals surface area contributed by atoms with Crippen LogP contribution in [0.5, 0.6) is 0 Å². The van der Waals surface area contributed by atoms with Crippen molar-refractivity contribution in [3.63, 3.8) is 0 Å². The smallest absolute Gasteiger partial charge is 0.264 e. The first-order valence-electron chi connectivity index (χ1n) is 7.70. The van der Waals surface area contributed by atoms with Gasteiger partial charge in [-0.05, 0) is 30.7 Å². The average Bonchev–Trinajstić information content (AvgIpc) is 2.97. The highest BCUT2D eigenvalue weighted by molar-refractivity contribution is 7.91. The number of carbonyl (C=O) groups excluding carboxylic acids is 2. The molecule has 3 heterocycles. The summed E-state index contributed by atoms with van der Waals surface area (Å²) in [5, 5.41) is 1.39. The maximum absolute atomic E-state index is 12.7. The van der Waals surface area contributed by atoms with Gasteiger partial charge in [0.05, 0.1) is 10.1 Å². The molecule has 0 radical (unpaired) electrons. The Labute approximate surface area is 140 Å². The fraction of sp³-hybridized carbons (Fsp3) is 0.600. The molecule has 3 rings (SSSR count). The summed E-state index contributed by atoms with van der Waals surface area (Å²) >= 11 is 1.37. The van der Waals surface area contributed by atoms with Gasteiger partial charge in [-0.15, -0.1) is 11.3 Å². The maximum atomic E-state index is 12.7. The van der Waals surface area contributed by atoms with E-state index in [2.05, 4.69) is 0 Å². The van der Waals surface area contributed by atoms with E-state index >= 15 is 0 Å². The van der Waals surface area contributed by atoms with Gasteiger partial charge in [0.2, 0.25) is 5.91 Å². The monoisotopic (exact) mass is 356 g/mol. The molecule has 0 aliphatic carbocycles. The van der Waals surface area contributed by atoms with Gasteiger partial charge < -0.3 is 9.80 Å². The molecule has 2 saturated heterocycles. The first-order chi connectivity index (χ1) is 10.9. The number of amides is 2. The number of sulfone groups is 1. The first kappa shape index (κ1) is 16.4. The van der Waals surface area contributed by atoms with E-state index in [0.717, 1.165) is 12.8 Å². The molecule has 8 heteroatoms. The normalized spacial score (nSPS) is 22.7. The third-order valence-corrected chi connectivity index (χ3v) is 6.91. The molecule has 0 saturated carbocycles. The van der Waals surface area contributed by atoms with Crippen LogP contribution in [0.25, 0.3) is 0 Å². The van der Waals surface area contributed by atoms with Crippen LogP contribution in [0, 0.1) is 0 Å². The van der Waals surface area contributed by atoms with Gasteiger partial charge in [0, 0.05) is 25.9 Å². The Kier molecular flexibility index (Phi) is 4.46. The van der Waals surface area contributed by atoms with Crippen molar-refractivity contribution in [1.82, 2.24) is 9.80 Å². The molecule has 23 heavy (non-hydrogen) atoms. The third kappa shape index (κ3) is 3.28. The highest BCUT2D eigenvalue weighted by atomic mass is 32.2. The molecule has 1 atom stereocenters. The van der Waals surface area contributed by atoms with Crippen molar-refractivity contribution < 1.29 is 18.0 Å². The van der Waals surface area contributed by atoms with Gasteiger partial charge in [-0.25, -0.2) is 8.42 Å². The van der Waals surface area contributed by atoms with Crippen molar-refractivity contribution in [2.75, 3.05) is 25.9 Å². The standard InChI is InChI=1S/C15H20N2O4S2/c1-23(20,21)11-9-16(10-11)14(18)12-5-2-3-7-17(12)15(19)13-6-4-8-22-13/h4,6,8,11-12H,2-3,5,7,9-10H2,1H3. The Bertz CT molecular complexity index is 693. The molecule has 2 amide bonds. The molecule has 126 valence electrons. The number of nitrogens with zero attached hydrogens (tertiary/aromatic N) is 2. The summed E-state index contributed by atoms with van der Waals surface area (Å²) in [7, 11) is -3.10. The van der Waals surface area contributed by atoms with Crippen molar-refractivity contribution in [3.8, 4) is 0 Å². The summed E-state index contributed by atoms with van der Waals surface area (Å²) in [5.74, 6) is -0.215. The Morgan fingerprint density at radius 1 is 1.26 bits per heavy atom. The molecule has 2 aliphatic rings. The minimum Gasteiger partial charge on any atom is -0.338 e. The van der Waals surface area contributed by atoms with Crippen molar-refractivity contribution in [2.45, 2.75) is 30.6 Å². The minimum atomic E-state index is -3.10. The van der Waals surface area contributed by atoms with Crippen LogP contribution < -0.4 is 0 Å². The van der Waals surface area contributed by atoms with Gasteiger partial charge >= 0.3 is 0 Å². The highest BCUT2D eigenvalue weighted by Gasteiger charge is 2.42. The minimum absolute atomic E-state index is 0.0989. The van der Waals surface area contributed by atoms with E-state index in [1.54, 1.807) is 15.9 Å². The van der Waals surface area contributed by atoms with Crippen molar-refractivity contribution >= 4 is 33.0 Å². The quantitative estimate of drug-likeness (QED) is 0.810. The summed E-state index contributed by atoms with van der Waals surface area (Å²) < 4.78 is 23.0. The second-order valence-corrected chi connectivity index (χ2v) is 9.46. The van der Waals surface area contributed by atoms with Gasteiger partial charge in [0.25, 0.3) is 5.91 Å². The summed E-state index contributed by atoms with van der Waals surface area (Å²) in [4.78, 5) is 29.1. The van der Waals surface area contributed by atoms with E-state index in [9.17, 15) is 18.0 Å². The molecule has 1 aromatic rings.